The van der Waals surface area contributed by atoms with Crippen molar-refractivity contribution >= 4 is 23.0 Å². The molecule has 6 nitrogen and oxygen atoms in total. The Bertz CT molecular complexity index is 1010. The summed E-state index contributed by atoms with van der Waals surface area (Å²) < 4.78 is 5.22. The van der Waals surface area contributed by atoms with Gasteiger partial charge < -0.3 is 4.74 Å². The number of aryl methyl sites for hydroxylation is 1. The maximum Gasteiger partial charge on any atom is 0.317 e. The van der Waals surface area contributed by atoms with E-state index in [4.69, 9.17) is 4.74 Å². The lowest BCUT2D eigenvalue weighted by molar-refractivity contribution is -0.384. The zero-order valence-electron chi connectivity index (χ0n) is 16.0. The van der Waals surface area contributed by atoms with Crippen LogP contribution in [0, 0.1) is 22.0 Å². The molecule has 4 rings (SSSR count). The number of carbonyl (C=O) groups excluding carboxylic acids is 2. The second-order valence-electron chi connectivity index (χ2n) is 7.41. The van der Waals surface area contributed by atoms with Crippen molar-refractivity contribution in [3.63, 3.8) is 0 Å². The second kappa shape index (κ2) is 7.62. The number of hydrogen-bond acceptors (Lipinski definition) is 5. The third kappa shape index (κ3) is 3.35. The number of benzene rings is 2. The molecule has 0 amide bonds. The van der Waals surface area contributed by atoms with E-state index < -0.39 is 22.7 Å². The number of nitro groups is 1. The molecule has 0 saturated heterocycles. The van der Waals surface area contributed by atoms with Crippen LogP contribution in [0.4, 0.5) is 5.69 Å². The molecule has 2 aromatic carbocycles. The van der Waals surface area contributed by atoms with E-state index in [0.717, 1.165) is 29.5 Å². The van der Waals surface area contributed by atoms with Crippen LogP contribution in [0.2, 0.25) is 0 Å². The minimum atomic E-state index is -0.935. The van der Waals surface area contributed by atoms with E-state index >= 15 is 0 Å². The number of rotatable bonds is 4. The number of fused-ring (bicyclic) bond motifs is 3. The summed E-state index contributed by atoms with van der Waals surface area (Å²) in [4.78, 5) is 36.3. The first-order valence-corrected chi connectivity index (χ1v) is 9.76. The van der Waals surface area contributed by atoms with Gasteiger partial charge in [0.05, 0.1) is 11.5 Å². The molecule has 0 spiro atoms. The molecule has 0 aliphatic heterocycles. The highest BCUT2D eigenvalue weighted by Crippen LogP contribution is 2.50. The highest BCUT2D eigenvalue weighted by Gasteiger charge is 2.46. The topological polar surface area (TPSA) is 86.5 Å². The highest BCUT2D eigenvalue weighted by molar-refractivity contribution is 6.11. The summed E-state index contributed by atoms with van der Waals surface area (Å²) in [5, 5.41) is 11.0. The number of allylic oxidation sites excluding steroid dienone is 2. The summed E-state index contributed by atoms with van der Waals surface area (Å²) in [6, 6.07) is 14.2. The molecule has 0 N–H and O–H groups in total. The first-order chi connectivity index (χ1) is 14.0. The average Bonchev–Trinajstić information content (AvgIpc) is 2.73. The number of ether oxygens (including phenoxy) is 1. The third-order valence-corrected chi connectivity index (χ3v) is 5.88. The van der Waals surface area contributed by atoms with Crippen LogP contribution in [-0.4, -0.2) is 23.3 Å². The zero-order chi connectivity index (χ0) is 20.5. The Hall–Kier alpha value is -3.28. The third-order valence-electron chi connectivity index (χ3n) is 5.88. The van der Waals surface area contributed by atoms with Crippen molar-refractivity contribution in [1.29, 1.82) is 0 Å². The molecule has 0 aromatic heterocycles. The minimum Gasteiger partial charge on any atom is -0.465 e. The zero-order valence-corrected chi connectivity index (χ0v) is 16.0. The van der Waals surface area contributed by atoms with E-state index in [2.05, 4.69) is 6.07 Å². The van der Waals surface area contributed by atoms with Crippen molar-refractivity contribution in [2.45, 2.75) is 25.7 Å². The summed E-state index contributed by atoms with van der Waals surface area (Å²) in [5.41, 5.74) is 3.91. The number of nitro benzene ring substituents is 1. The van der Waals surface area contributed by atoms with Gasteiger partial charge in [0.15, 0.2) is 5.78 Å². The number of esters is 1. The lowest BCUT2D eigenvalue weighted by atomic mass is 9.62. The van der Waals surface area contributed by atoms with E-state index in [1.165, 1.54) is 17.7 Å². The van der Waals surface area contributed by atoms with Crippen LogP contribution in [0.3, 0.4) is 0 Å². The number of nitrogens with zero attached hydrogens (tertiary/aromatic N) is 1. The van der Waals surface area contributed by atoms with Gasteiger partial charge >= 0.3 is 5.97 Å². The lowest BCUT2D eigenvalue weighted by Gasteiger charge is -2.40. The molecule has 2 aliphatic rings. The molecule has 6 heteroatoms. The van der Waals surface area contributed by atoms with Gasteiger partial charge in [0.25, 0.3) is 5.69 Å². The molecule has 0 heterocycles. The van der Waals surface area contributed by atoms with Gasteiger partial charge in [-0.25, -0.2) is 0 Å². The molecular weight excluding hydrogens is 370 g/mol. The van der Waals surface area contributed by atoms with E-state index in [-0.39, 0.29) is 24.0 Å². The maximum absolute atomic E-state index is 13.0. The fourth-order valence-corrected chi connectivity index (χ4v) is 4.63. The second-order valence-corrected chi connectivity index (χ2v) is 7.41. The van der Waals surface area contributed by atoms with Crippen LogP contribution in [0.1, 0.15) is 36.0 Å². The maximum atomic E-state index is 13.0. The summed E-state index contributed by atoms with van der Waals surface area (Å²) in [7, 11) is 0. The molecule has 148 valence electrons. The van der Waals surface area contributed by atoms with Gasteiger partial charge in [-0.15, -0.1) is 0 Å². The number of non-ortho nitro benzene ring substituents is 1. The smallest absolute Gasteiger partial charge is 0.317 e. The molecule has 29 heavy (non-hydrogen) atoms. The molecule has 3 unspecified atom stereocenters. The van der Waals surface area contributed by atoms with Crippen molar-refractivity contribution in [3.05, 3.63) is 81.4 Å². The first kappa shape index (κ1) is 19.1. The van der Waals surface area contributed by atoms with E-state index in [1.807, 2.05) is 18.2 Å². The summed E-state index contributed by atoms with van der Waals surface area (Å²) >= 11 is 0. The first-order valence-electron chi connectivity index (χ1n) is 9.76. The lowest BCUT2D eigenvalue weighted by Crippen LogP contribution is -2.39. The van der Waals surface area contributed by atoms with Gasteiger partial charge in [-0.1, -0.05) is 36.4 Å². The fourth-order valence-electron chi connectivity index (χ4n) is 4.63. The van der Waals surface area contributed by atoms with Crippen LogP contribution < -0.4 is 0 Å². The number of carbonyl (C=O) groups is 2. The van der Waals surface area contributed by atoms with Crippen molar-refractivity contribution < 1.29 is 19.2 Å². The molecule has 0 fully saturated rings. The molecule has 2 aliphatic carbocycles. The van der Waals surface area contributed by atoms with Crippen molar-refractivity contribution in [3.8, 4) is 0 Å². The Labute approximate surface area is 168 Å². The Morgan fingerprint density at radius 2 is 1.90 bits per heavy atom. The quantitative estimate of drug-likeness (QED) is 0.339. The van der Waals surface area contributed by atoms with Gasteiger partial charge in [-0.3, -0.25) is 19.7 Å². The standard InChI is InChI=1S/C23H21NO5/c1-2-29-23(26)22-20(25)13-19-17-6-4-3-5-14(17)9-12-18(19)21(22)15-7-10-16(11-8-15)24(27)28/h3-8,10-11,13,18,21-22H,2,9,12H2,1H3. The highest BCUT2D eigenvalue weighted by atomic mass is 16.6. The van der Waals surface area contributed by atoms with E-state index in [9.17, 15) is 19.7 Å². The van der Waals surface area contributed by atoms with Gasteiger partial charge in [-0.2, -0.15) is 0 Å². The molecule has 2 aromatic rings. The van der Waals surface area contributed by atoms with E-state index in [0.29, 0.717) is 0 Å². The average molecular weight is 391 g/mol. The normalized spacial score (nSPS) is 22.9. The predicted molar refractivity (Wildman–Crippen MR) is 107 cm³/mol. The predicted octanol–water partition coefficient (Wildman–Crippen LogP) is 4.09. The van der Waals surface area contributed by atoms with Crippen LogP contribution in [0.15, 0.2) is 54.6 Å². The molecular formula is C23H21NO5. The summed E-state index contributed by atoms with van der Waals surface area (Å²) in [6.07, 6.45) is 3.26. The number of hydrogen-bond donors (Lipinski definition) is 0. The van der Waals surface area contributed by atoms with Gasteiger partial charge in [0.1, 0.15) is 5.92 Å². The van der Waals surface area contributed by atoms with Gasteiger partial charge in [-0.05, 0) is 54.0 Å². The van der Waals surface area contributed by atoms with Crippen LogP contribution in [-0.2, 0) is 20.7 Å². The molecule has 3 atom stereocenters. The molecule has 0 saturated carbocycles. The number of ketones is 1. The summed E-state index contributed by atoms with van der Waals surface area (Å²) in [6.45, 7) is 1.91. The van der Waals surface area contributed by atoms with Crippen LogP contribution >= 0.6 is 0 Å². The van der Waals surface area contributed by atoms with Gasteiger partial charge in [0, 0.05) is 18.1 Å². The largest absolute Gasteiger partial charge is 0.465 e. The van der Waals surface area contributed by atoms with E-state index in [1.54, 1.807) is 25.1 Å². The Morgan fingerprint density at radius 3 is 2.59 bits per heavy atom. The fraction of sp³-hybridized carbons (Fsp3) is 0.304. The SMILES string of the molecule is CCOC(=O)C1C(=O)C=C2c3ccccc3CCC2C1c1ccc([N+](=O)[O-])cc1. The summed E-state index contributed by atoms with van der Waals surface area (Å²) in [5.74, 6) is -2.17. The Kier molecular flexibility index (Phi) is 5.01. The van der Waals surface area contributed by atoms with Gasteiger partial charge in [0.2, 0.25) is 0 Å². The monoisotopic (exact) mass is 391 g/mol. The Balaban J connectivity index is 1.83. The van der Waals surface area contributed by atoms with Crippen molar-refractivity contribution in [2.75, 3.05) is 6.61 Å². The molecule has 0 radical (unpaired) electrons. The van der Waals surface area contributed by atoms with Crippen LogP contribution in [0.5, 0.6) is 0 Å². The Morgan fingerprint density at radius 1 is 1.17 bits per heavy atom. The molecule has 0 bridgehead atoms. The van der Waals surface area contributed by atoms with Crippen molar-refractivity contribution in [2.24, 2.45) is 11.8 Å². The van der Waals surface area contributed by atoms with Crippen molar-refractivity contribution in [1.82, 2.24) is 0 Å². The minimum absolute atomic E-state index is 0.0201. The van der Waals surface area contributed by atoms with Crippen LogP contribution in [0.25, 0.3) is 5.57 Å².